The minimum atomic E-state index is 0.615. The van der Waals surface area contributed by atoms with E-state index in [1.165, 1.54) is 35.7 Å². The van der Waals surface area contributed by atoms with Crippen LogP contribution in [0.1, 0.15) is 36.9 Å². The Morgan fingerprint density at radius 2 is 2.47 bits per heavy atom. The molecule has 2 heterocycles. The molecule has 96 valence electrons. The van der Waals surface area contributed by atoms with Gasteiger partial charge in [-0.25, -0.2) is 4.98 Å². The number of aromatic nitrogens is 1. The number of thiazole rings is 1. The zero-order valence-corrected chi connectivity index (χ0v) is 12.4. The molecule has 1 aromatic heterocycles. The average molecular weight is 270 g/mol. The van der Waals surface area contributed by atoms with Gasteiger partial charge in [-0.05, 0) is 38.5 Å². The zero-order valence-electron chi connectivity index (χ0n) is 10.7. The lowest BCUT2D eigenvalue weighted by atomic mass is 10.0. The second-order valence-corrected chi connectivity index (χ2v) is 7.08. The smallest absolute Gasteiger partial charge is 0.0897 e. The first-order valence-electron chi connectivity index (χ1n) is 6.55. The molecule has 0 bridgehead atoms. The minimum Gasteiger partial charge on any atom is -0.312 e. The topological polar surface area (TPSA) is 24.9 Å². The number of rotatable bonds is 6. The summed E-state index contributed by atoms with van der Waals surface area (Å²) in [6.07, 6.45) is 5.07. The molecule has 1 saturated heterocycles. The summed E-state index contributed by atoms with van der Waals surface area (Å²) in [4.78, 5) is 4.60. The molecule has 1 aromatic rings. The lowest BCUT2D eigenvalue weighted by Gasteiger charge is -2.23. The van der Waals surface area contributed by atoms with Crippen molar-refractivity contribution in [3.05, 3.63) is 16.1 Å². The van der Waals surface area contributed by atoms with Crippen molar-refractivity contribution in [1.82, 2.24) is 10.3 Å². The molecule has 0 radical (unpaired) electrons. The van der Waals surface area contributed by atoms with Gasteiger partial charge in [0.2, 0.25) is 0 Å². The lowest BCUT2D eigenvalue weighted by molar-refractivity contribution is 0.479. The maximum Gasteiger partial charge on any atom is 0.0897 e. The first kappa shape index (κ1) is 13.4. The van der Waals surface area contributed by atoms with Crippen LogP contribution in [0.5, 0.6) is 0 Å². The second kappa shape index (κ2) is 6.76. The Balaban J connectivity index is 1.94. The van der Waals surface area contributed by atoms with Crippen molar-refractivity contribution in [2.45, 2.75) is 50.8 Å². The standard InChI is InChI=1S/C13H22N2S2/c1-3-6-14-12(13-5-4-7-16-13)8-11-9-17-10(2)15-11/h9,12-14H,3-8H2,1-2H3. The van der Waals surface area contributed by atoms with Crippen molar-refractivity contribution in [3.8, 4) is 0 Å². The van der Waals surface area contributed by atoms with Crippen LogP contribution in [0.15, 0.2) is 5.38 Å². The predicted octanol–water partition coefficient (Wildman–Crippen LogP) is 3.26. The minimum absolute atomic E-state index is 0.615. The highest BCUT2D eigenvalue weighted by Crippen LogP contribution is 2.30. The molecule has 1 N–H and O–H groups in total. The monoisotopic (exact) mass is 270 g/mol. The van der Waals surface area contributed by atoms with Gasteiger partial charge in [0, 0.05) is 23.1 Å². The van der Waals surface area contributed by atoms with Crippen LogP contribution in [0, 0.1) is 6.92 Å². The molecule has 0 saturated carbocycles. The molecule has 0 aromatic carbocycles. The summed E-state index contributed by atoms with van der Waals surface area (Å²) in [5, 5.41) is 7.91. The second-order valence-electron chi connectivity index (χ2n) is 4.67. The van der Waals surface area contributed by atoms with Crippen molar-refractivity contribution in [2.24, 2.45) is 0 Å². The number of nitrogens with one attached hydrogen (secondary N) is 1. The summed E-state index contributed by atoms with van der Waals surface area (Å²) in [6.45, 7) is 5.46. The van der Waals surface area contributed by atoms with Gasteiger partial charge in [-0.1, -0.05) is 6.92 Å². The fourth-order valence-electron chi connectivity index (χ4n) is 2.31. The van der Waals surface area contributed by atoms with Gasteiger partial charge in [0.1, 0.15) is 0 Å². The summed E-state index contributed by atoms with van der Waals surface area (Å²) in [5.41, 5.74) is 1.27. The summed E-state index contributed by atoms with van der Waals surface area (Å²) in [5.74, 6) is 1.34. The van der Waals surface area contributed by atoms with Crippen LogP contribution < -0.4 is 5.32 Å². The average Bonchev–Trinajstić information content (AvgIpc) is 2.95. The zero-order chi connectivity index (χ0) is 12.1. The van der Waals surface area contributed by atoms with Gasteiger partial charge < -0.3 is 5.32 Å². The highest BCUT2D eigenvalue weighted by Gasteiger charge is 2.25. The summed E-state index contributed by atoms with van der Waals surface area (Å²) >= 11 is 3.91. The Morgan fingerprint density at radius 3 is 3.06 bits per heavy atom. The normalized spacial score (nSPS) is 21.9. The fraction of sp³-hybridized carbons (Fsp3) is 0.769. The molecule has 17 heavy (non-hydrogen) atoms. The number of aryl methyl sites for hydroxylation is 1. The number of thioether (sulfide) groups is 1. The Kier molecular flexibility index (Phi) is 5.32. The van der Waals surface area contributed by atoms with Gasteiger partial charge in [0.05, 0.1) is 10.7 Å². The molecule has 2 unspecified atom stereocenters. The summed E-state index contributed by atoms with van der Waals surface area (Å²) in [7, 11) is 0. The van der Waals surface area contributed by atoms with E-state index in [4.69, 9.17) is 0 Å². The van der Waals surface area contributed by atoms with Crippen LogP contribution >= 0.6 is 23.1 Å². The van der Waals surface area contributed by atoms with E-state index in [9.17, 15) is 0 Å². The molecule has 2 atom stereocenters. The first-order valence-corrected chi connectivity index (χ1v) is 8.48. The molecule has 2 nitrogen and oxygen atoms in total. The molecule has 1 aliphatic rings. The van der Waals surface area contributed by atoms with Gasteiger partial charge >= 0.3 is 0 Å². The first-order chi connectivity index (χ1) is 8.29. The van der Waals surface area contributed by atoms with Gasteiger partial charge in [-0.3, -0.25) is 0 Å². The molecule has 0 amide bonds. The highest BCUT2D eigenvalue weighted by molar-refractivity contribution is 8.00. The molecule has 0 spiro atoms. The Labute approximate surface area is 113 Å². The van der Waals surface area contributed by atoms with Gasteiger partial charge in [0.15, 0.2) is 0 Å². The lowest BCUT2D eigenvalue weighted by Crippen LogP contribution is -2.39. The Hall–Kier alpha value is -0.0600. The number of hydrogen-bond acceptors (Lipinski definition) is 4. The van der Waals surface area contributed by atoms with E-state index < -0.39 is 0 Å². The van der Waals surface area contributed by atoms with Crippen molar-refractivity contribution >= 4 is 23.1 Å². The third kappa shape index (κ3) is 3.97. The summed E-state index contributed by atoms with van der Waals surface area (Å²) < 4.78 is 0. The maximum atomic E-state index is 4.60. The van der Waals surface area contributed by atoms with E-state index in [1.807, 2.05) is 0 Å². The van der Waals surface area contributed by atoms with E-state index in [-0.39, 0.29) is 0 Å². The highest BCUT2D eigenvalue weighted by atomic mass is 32.2. The van der Waals surface area contributed by atoms with Crippen LogP contribution in [0.25, 0.3) is 0 Å². The van der Waals surface area contributed by atoms with Crippen LogP contribution in [0.4, 0.5) is 0 Å². The van der Waals surface area contributed by atoms with Gasteiger partial charge in [-0.2, -0.15) is 11.8 Å². The summed E-state index contributed by atoms with van der Waals surface area (Å²) in [6, 6.07) is 0.615. The van der Waals surface area contributed by atoms with Crippen LogP contribution in [0.3, 0.4) is 0 Å². The van der Waals surface area contributed by atoms with E-state index in [2.05, 4.69) is 41.3 Å². The molecular weight excluding hydrogens is 248 g/mol. The molecule has 1 aliphatic heterocycles. The fourth-order valence-corrected chi connectivity index (χ4v) is 4.33. The third-order valence-corrected chi connectivity index (χ3v) is 5.50. The SMILES string of the molecule is CCCNC(Cc1csc(C)n1)C1CCCS1. The maximum absolute atomic E-state index is 4.60. The van der Waals surface area contributed by atoms with E-state index in [0.717, 1.165) is 18.2 Å². The van der Waals surface area contributed by atoms with Crippen LogP contribution in [-0.4, -0.2) is 28.6 Å². The molecule has 4 heteroatoms. The van der Waals surface area contributed by atoms with Crippen molar-refractivity contribution in [2.75, 3.05) is 12.3 Å². The molecular formula is C13H22N2S2. The van der Waals surface area contributed by atoms with E-state index in [1.54, 1.807) is 11.3 Å². The number of hydrogen-bond donors (Lipinski definition) is 1. The van der Waals surface area contributed by atoms with Crippen LogP contribution in [0.2, 0.25) is 0 Å². The van der Waals surface area contributed by atoms with Crippen molar-refractivity contribution in [3.63, 3.8) is 0 Å². The largest absolute Gasteiger partial charge is 0.312 e. The van der Waals surface area contributed by atoms with E-state index >= 15 is 0 Å². The van der Waals surface area contributed by atoms with Crippen LogP contribution in [-0.2, 0) is 6.42 Å². The van der Waals surface area contributed by atoms with Crippen molar-refractivity contribution < 1.29 is 0 Å². The molecule has 0 aliphatic carbocycles. The molecule has 2 rings (SSSR count). The molecule has 1 fully saturated rings. The third-order valence-electron chi connectivity index (χ3n) is 3.17. The van der Waals surface area contributed by atoms with Gasteiger partial charge in [-0.15, -0.1) is 11.3 Å². The Bertz CT molecular complexity index is 332. The quantitative estimate of drug-likeness (QED) is 0.859. The van der Waals surface area contributed by atoms with Crippen molar-refractivity contribution in [1.29, 1.82) is 0 Å². The predicted molar refractivity (Wildman–Crippen MR) is 78.1 cm³/mol. The Morgan fingerprint density at radius 1 is 1.59 bits per heavy atom. The van der Waals surface area contributed by atoms with E-state index in [0.29, 0.717) is 6.04 Å². The van der Waals surface area contributed by atoms with Gasteiger partial charge in [0.25, 0.3) is 0 Å². The number of nitrogens with zero attached hydrogens (tertiary/aromatic N) is 1.